The van der Waals surface area contributed by atoms with Crippen molar-refractivity contribution in [3.63, 3.8) is 0 Å². The number of hydrogen-bond donors (Lipinski definition) is 1. The van der Waals surface area contributed by atoms with Crippen LogP contribution >= 0.6 is 0 Å². The number of pyridine rings is 1. The van der Waals surface area contributed by atoms with E-state index in [-0.39, 0.29) is 18.8 Å². The first-order valence-electron chi connectivity index (χ1n) is 7.13. The zero-order valence-electron chi connectivity index (χ0n) is 12.3. The zero-order chi connectivity index (χ0) is 17.2. The number of nitrogens with one attached hydrogen (secondary N) is 1. The largest absolute Gasteiger partial charge is 0.486 e. The number of para-hydroxylation sites is 2. The summed E-state index contributed by atoms with van der Waals surface area (Å²) >= 11 is 0. The Kier molecular flexibility index (Phi) is 4.28. The molecule has 0 aliphatic carbocycles. The fraction of sp³-hybridized carbons (Fsp3) is 0.250. The number of amides is 1. The number of anilines is 1. The first-order valence-corrected chi connectivity index (χ1v) is 7.13. The lowest BCUT2D eigenvalue weighted by molar-refractivity contribution is -0.137. The number of hydrogen-bond acceptors (Lipinski definition) is 4. The summed E-state index contributed by atoms with van der Waals surface area (Å²) in [5, 5.41) is 2.34. The average molecular weight is 338 g/mol. The monoisotopic (exact) mass is 338 g/mol. The SMILES string of the molecule is O=C(CC1COc2ccccc2O1)Nc1cc(C(F)(F)F)ccn1. The van der Waals surface area contributed by atoms with Crippen molar-refractivity contribution in [2.24, 2.45) is 0 Å². The predicted octanol–water partition coefficient (Wildman–Crippen LogP) is 3.27. The van der Waals surface area contributed by atoms with Gasteiger partial charge in [-0.05, 0) is 24.3 Å². The van der Waals surface area contributed by atoms with E-state index in [4.69, 9.17) is 9.47 Å². The van der Waals surface area contributed by atoms with Crippen LogP contribution in [0.1, 0.15) is 12.0 Å². The van der Waals surface area contributed by atoms with Crippen LogP contribution < -0.4 is 14.8 Å². The normalized spacial score (nSPS) is 16.5. The van der Waals surface area contributed by atoms with E-state index in [1.807, 2.05) is 0 Å². The van der Waals surface area contributed by atoms with Crippen molar-refractivity contribution in [3.8, 4) is 11.5 Å². The highest BCUT2D eigenvalue weighted by molar-refractivity contribution is 5.90. The van der Waals surface area contributed by atoms with Crippen LogP contribution in [0, 0.1) is 0 Å². The molecule has 1 unspecified atom stereocenters. The molecular weight excluding hydrogens is 325 g/mol. The van der Waals surface area contributed by atoms with Crippen molar-refractivity contribution in [1.82, 2.24) is 4.98 Å². The van der Waals surface area contributed by atoms with Gasteiger partial charge in [0.05, 0.1) is 12.0 Å². The summed E-state index contributed by atoms with van der Waals surface area (Å²) in [4.78, 5) is 15.7. The van der Waals surface area contributed by atoms with Crippen LogP contribution in [0.2, 0.25) is 0 Å². The third-order valence-electron chi connectivity index (χ3n) is 3.34. The number of alkyl halides is 3. The Hall–Kier alpha value is -2.77. The highest BCUT2D eigenvalue weighted by atomic mass is 19.4. The molecule has 1 aromatic carbocycles. The number of rotatable bonds is 3. The Balaban J connectivity index is 1.61. The topological polar surface area (TPSA) is 60.5 Å². The quantitative estimate of drug-likeness (QED) is 0.933. The summed E-state index contributed by atoms with van der Waals surface area (Å²) in [5.41, 5.74) is -0.876. The molecular formula is C16H13F3N2O3. The highest BCUT2D eigenvalue weighted by Gasteiger charge is 2.31. The van der Waals surface area contributed by atoms with Gasteiger partial charge < -0.3 is 14.8 Å². The summed E-state index contributed by atoms with van der Waals surface area (Å²) in [6.07, 6.45) is -4.08. The van der Waals surface area contributed by atoms with Crippen molar-refractivity contribution in [1.29, 1.82) is 0 Å². The minimum Gasteiger partial charge on any atom is -0.486 e. The fourth-order valence-electron chi connectivity index (χ4n) is 2.24. The number of carbonyl (C=O) groups is 1. The smallest absolute Gasteiger partial charge is 0.416 e. The van der Waals surface area contributed by atoms with E-state index in [1.165, 1.54) is 0 Å². The third kappa shape index (κ3) is 3.76. The standard InChI is InChI=1S/C16H13F3N2O3/c17-16(18,19)10-5-6-20-14(7-10)21-15(22)8-11-9-23-12-3-1-2-4-13(12)24-11/h1-7,11H,8-9H2,(H,20,21,22). The van der Waals surface area contributed by atoms with E-state index in [0.717, 1.165) is 18.3 Å². The molecule has 2 heterocycles. The van der Waals surface area contributed by atoms with Crippen molar-refractivity contribution in [2.75, 3.05) is 11.9 Å². The molecule has 24 heavy (non-hydrogen) atoms. The molecule has 1 N–H and O–H groups in total. The third-order valence-corrected chi connectivity index (χ3v) is 3.34. The predicted molar refractivity (Wildman–Crippen MR) is 78.8 cm³/mol. The molecule has 1 aromatic heterocycles. The second-order valence-electron chi connectivity index (χ2n) is 5.18. The molecule has 0 radical (unpaired) electrons. The maximum Gasteiger partial charge on any atom is 0.416 e. The van der Waals surface area contributed by atoms with Gasteiger partial charge in [-0.2, -0.15) is 13.2 Å². The molecule has 0 saturated heterocycles. The lowest BCUT2D eigenvalue weighted by Gasteiger charge is -2.26. The molecule has 1 atom stereocenters. The van der Waals surface area contributed by atoms with Crippen molar-refractivity contribution < 1.29 is 27.4 Å². The lowest BCUT2D eigenvalue weighted by atomic mass is 10.2. The highest BCUT2D eigenvalue weighted by Crippen LogP contribution is 2.32. The molecule has 126 valence electrons. The van der Waals surface area contributed by atoms with Crippen LogP contribution in [-0.2, 0) is 11.0 Å². The first-order chi connectivity index (χ1) is 11.4. The van der Waals surface area contributed by atoms with E-state index in [0.29, 0.717) is 11.5 Å². The molecule has 2 aromatic rings. The van der Waals surface area contributed by atoms with E-state index in [9.17, 15) is 18.0 Å². The van der Waals surface area contributed by atoms with Crippen LogP contribution in [0.5, 0.6) is 11.5 Å². The summed E-state index contributed by atoms with van der Waals surface area (Å²) in [7, 11) is 0. The van der Waals surface area contributed by atoms with Crippen LogP contribution in [-0.4, -0.2) is 23.6 Å². The summed E-state index contributed by atoms with van der Waals surface area (Å²) in [6.45, 7) is 0.181. The molecule has 0 bridgehead atoms. The molecule has 0 fully saturated rings. The molecule has 0 saturated carbocycles. The van der Waals surface area contributed by atoms with E-state index in [1.54, 1.807) is 24.3 Å². The van der Waals surface area contributed by atoms with Gasteiger partial charge in [0.25, 0.3) is 0 Å². The zero-order valence-corrected chi connectivity index (χ0v) is 12.3. The molecule has 1 amide bonds. The second kappa shape index (κ2) is 6.38. The molecule has 1 aliphatic heterocycles. The van der Waals surface area contributed by atoms with Crippen molar-refractivity contribution >= 4 is 11.7 Å². The van der Waals surface area contributed by atoms with Gasteiger partial charge in [0.1, 0.15) is 18.5 Å². The molecule has 1 aliphatic rings. The summed E-state index contributed by atoms with van der Waals surface area (Å²) in [5.74, 6) is 0.453. The number of ether oxygens (including phenoxy) is 2. The molecule has 8 heteroatoms. The van der Waals surface area contributed by atoms with Gasteiger partial charge in [-0.1, -0.05) is 12.1 Å². The van der Waals surface area contributed by atoms with E-state index >= 15 is 0 Å². The fourth-order valence-corrected chi connectivity index (χ4v) is 2.24. The minimum absolute atomic E-state index is 0.0632. The number of aromatic nitrogens is 1. The number of carbonyl (C=O) groups excluding carboxylic acids is 1. The first kappa shape index (κ1) is 16.1. The van der Waals surface area contributed by atoms with E-state index in [2.05, 4.69) is 10.3 Å². The maximum absolute atomic E-state index is 12.6. The summed E-state index contributed by atoms with van der Waals surface area (Å²) < 4.78 is 49.0. The average Bonchev–Trinajstić information content (AvgIpc) is 2.54. The Labute approximate surface area is 135 Å². The number of halogens is 3. The molecule has 5 nitrogen and oxygen atoms in total. The van der Waals surface area contributed by atoms with E-state index < -0.39 is 23.8 Å². The van der Waals surface area contributed by atoms with Gasteiger partial charge in [-0.15, -0.1) is 0 Å². The van der Waals surface area contributed by atoms with Gasteiger partial charge >= 0.3 is 6.18 Å². The Morgan fingerprint density at radius 1 is 1.25 bits per heavy atom. The van der Waals surface area contributed by atoms with Gasteiger partial charge in [-0.3, -0.25) is 4.79 Å². The second-order valence-corrected chi connectivity index (χ2v) is 5.18. The van der Waals surface area contributed by atoms with Gasteiger partial charge in [0, 0.05) is 6.20 Å². The molecule has 3 rings (SSSR count). The minimum atomic E-state index is -4.49. The van der Waals surface area contributed by atoms with Gasteiger partial charge in [-0.25, -0.2) is 4.98 Å². The Bertz CT molecular complexity index is 749. The lowest BCUT2D eigenvalue weighted by Crippen LogP contribution is -2.33. The van der Waals surface area contributed by atoms with Crippen LogP contribution in [0.25, 0.3) is 0 Å². The van der Waals surface area contributed by atoms with Crippen LogP contribution in [0.4, 0.5) is 19.0 Å². The van der Waals surface area contributed by atoms with Gasteiger partial charge in [0.15, 0.2) is 11.5 Å². The Morgan fingerprint density at radius 2 is 2.00 bits per heavy atom. The Morgan fingerprint density at radius 3 is 2.75 bits per heavy atom. The maximum atomic E-state index is 12.6. The number of nitrogens with zero attached hydrogens (tertiary/aromatic N) is 1. The molecule has 0 spiro atoms. The number of benzene rings is 1. The van der Waals surface area contributed by atoms with Crippen LogP contribution in [0.3, 0.4) is 0 Å². The van der Waals surface area contributed by atoms with Crippen molar-refractivity contribution in [3.05, 3.63) is 48.2 Å². The van der Waals surface area contributed by atoms with Crippen LogP contribution in [0.15, 0.2) is 42.6 Å². The van der Waals surface area contributed by atoms with Crippen molar-refractivity contribution in [2.45, 2.75) is 18.7 Å². The number of fused-ring (bicyclic) bond motifs is 1. The summed E-state index contributed by atoms with van der Waals surface area (Å²) in [6, 6.07) is 8.66. The van der Waals surface area contributed by atoms with Gasteiger partial charge in [0.2, 0.25) is 5.91 Å².